The zero-order valence-electron chi connectivity index (χ0n) is 16.7. The summed E-state index contributed by atoms with van der Waals surface area (Å²) >= 11 is 1.54. The van der Waals surface area contributed by atoms with E-state index in [1.54, 1.807) is 17.1 Å². The normalized spacial score (nSPS) is 11.0. The van der Waals surface area contributed by atoms with Crippen LogP contribution in [0.15, 0.2) is 84.3 Å². The van der Waals surface area contributed by atoms with Crippen LogP contribution in [0.4, 0.5) is 0 Å². The van der Waals surface area contributed by atoms with Crippen molar-refractivity contribution in [2.45, 2.75) is 17.8 Å². The van der Waals surface area contributed by atoms with Crippen LogP contribution in [0.1, 0.15) is 11.4 Å². The second kappa shape index (κ2) is 8.49. The number of aryl methyl sites for hydroxylation is 1. The summed E-state index contributed by atoms with van der Waals surface area (Å²) in [4.78, 5) is 4.11. The first-order valence-corrected chi connectivity index (χ1v) is 10.7. The molecular weight excluding hydrogens is 408 g/mol. The van der Waals surface area contributed by atoms with E-state index >= 15 is 0 Å². The number of tetrazole rings is 1. The van der Waals surface area contributed by atoms with Gasteiger partial charge in [0.05, 0.1) is 11.4 Å². The lowest BCUT2D eigenvalue weighted by Gasteiger charge is -2.11. The van der Waals surface area contributed by atoms with Gasteiger partial charge in [-0.2, -0.15) is 4.68 Å². The number of benzene rings is 2. The second-order valence-corrected chi connectivity index (χ2v) is 7.79. The average molecular weight is 427 g/mol. The molecule has 5 rings (SSSR count). The Morgan fingerprint density at radius 1 is 0.806 bits per heavy atom. The molecule has 0 saturated carbocycles. The van der Waals surface area contributed by atoms with Crippen LogP contribution in [0.5, 0.6) is 0 Å². The maximum Gasteiger partial charge on any atom is 0.196 e. The van der Waals surface area contributed by atoms with Gasteiger partial charge < -0.3 is 0 Å². The Bertz CT molecular complexity index is 1280. The predicted octanol–water partition coefficient (Wildman–Crippen LogP) is 3.91. The van der Waals surface area contributed by atoms with E-state index in [1.165, 1.54) is 17.3 Å². The largest absolute Gasteiger partial charge is 0.270 e. The third kappa shape index (κ3) is 3.95. The van der Waals surface area contributed by atoms with Crippen LogP contribution in [-0.2, 0) is 5.75 Å². The van der Waals surface area contributed by atoms with E-state index in [2.05, 4.69) is 66.5 Å². The molecule has 9 heteroatoms. The fraction of sp³-hybridized carbons (Fsp3) is 0.0909. The van der Waals surface area contributed by atoms with Crippen LogP contribution in [0.2, 0.25) is 0 Å². The summed E-state index contributed by atoms with van der Waals surface area (Å²) in [7, 11) is 0. The number of nitrogens with zero attached hydrogens (tertiary/aromatic N) is 8. The molecule has 0 aliphatic carbocycles. The van der Waals surface area contributed by atoms with Crippen molar-refractivity contribution in [1.82, 2.24) is 40.0 Å². The van der Waals surface area contributed by atoms with Gasteiger partial charge in [0.15, 0.2) is 16.8 Å². The molecule has 0 saturated heterocycles. The molecule has 0 aliphatic rings. The Labute approximate surface area is 183 Å². The van der Waals surface area contributed by atoms with Crippen LogP contribution >= 0.6 is 11.8 Å². The molecule has 5 aromatic rings. The van der Waals surface area contributed by atoms with Gasteiger partial charge in [0.2, 0.25) is 0 Å². The van der Waals surface area contributed by atoms with Crippen LogP contribution < -0.4 is 0 Å². The number of pyridine rings is 1. The number of aromatic nitrogens is 8. The molecule has 0 aliphatic heterocycles. The van der Waals surface area contributed by atoms with Crippen molar-refractivity contribution < 1.29 is 0 Å². The molecule has 0 fully saturated rings. The molecule has 0 unspecified atom stereocenters. The highest BCUT2D eigenvalue weighted by atomic mass is 32.2. The van der Waals surface area contributed by atoms with Gasteiger partial charge in [-0.1, -0.05) is 47.7 Å². The number of hydrogen-bond donors (Lipinski definition) is 0. The third-order valence-electron chi connectivity index (χ3n) is 4.73. The van der Waals surface area contributed by atoms with Gasteiger partial charge in [0, 0.05) is 23.6 Å². The van der Waals surface area contributed by atoms with Crippen molar-refractivity contribution in [3.8, 4) is 22.8 Å². The molecule has 3 aromatic heterocycles. The summed E-state index contributed by atoms with van der Waals surface area (Å²) in [5.41, 5.74) is 4.05. The molecule has 152 valence electrons. The van der Waals surface area contributed by atoms with Gasteiger partial charge in [-0.15, -0.1) is 15.3 Å². The quantitative estimate of drug-likeness (QED) is 0.381. The summed E-state index contributed by atoms with van der Waals surface area (Å²) in [6.45, 7) is 2.07. The standard InChI is InChI=1S/C22H18N8S/c1-16-7-9-18(10-8-16)29-21(17-11-13-23-14-12-17)25-26-22(29)31-15-20-24-27-28-30(20)19-5-3-2-4-6-19/h2-14H,15H2,1H3. The lowest BCUT2D eigenvalue weighted by molar-refractivity contribution is 0.777. The predicted molar refractivity (Wildman–Crippen MR) is 118 cm³/mol. The van der Waals surface area contributed by atoms with Crippen molar-refractivity contribution in [3.05, 3.63) is 90.5 Å². The summed E-state index contributed by atoms with van der Waals surface area (Å²) in [5, 5.41) is 21.9. The van der Waals surface area contributed by atoms with E-state index in [0.29, 0.717) is 5.75 Å². The minimum Gasteiger partial charge on any atom is -0.270 e. The molecule has 8 nitrogen and oxygen atoms in total. The molecule has 2 aromatic carbocycles. The topological polar surface area (TPSA) is 87.2 Å². The van der Waals surface area contributed by atoms with Crippen molar-refractivity contribution in [3.63, 3.8) is 0 Å². The van der Waals surface area contributed by atoms with E-state index in [9.17, 15) is 0 Å². The lowest BCUT2D eigenvalue weighted by atomic mass is 10.2. The summed E-state index contributed by atoms with van der Waals surface area (Å²) in [6.07, 6.45) is 3.51. The van der Waals surface area contributed by atoms with Crippen molar-refractivity contribution in [1.29, 1.82) is 0 Å². The maximum atomic E-state index is 4.47. The fourth-order valence-electron chi connectivity index (χ4n) is 3.17. The van der Waals surface area contributed by atoms with E-state index in [-0.39, 0.29) is 0 Å². The molecule has 0 amide bonds. The highest BCUT2D eigenvalue weighted by molar-refractivity contribution is 7.98. The summed E-state index contributed by atoms with van der Waals surface area (Å²) in [6, 6.07) is 22.0. The highest BCUT2D eigenvalue weighted by Crippen LogP contribution is 2.29. The van der Waals surface area contributed by atoms with Crippen LogP contribution in [0.25, 0.3) is 22.8 Å². The first-order valence-electron chi connectivity index (χ1n) is 9.68. The summed E-state index contributed by atoms with van der Waals surface area (Å²) < 4.78 is 3.79. The van der Waals surface area contributed by atoms with E-state index in [4.69, 9.17) is 0 Å². The van der Waals surface area contributed by atoms with Crippen molar-refractivity contribution in [2.24, 2.45) is 0 Å². The Balaban J connectivity index is 1.50. The first kappa shape index (κ1) is 19.1. The maximum absolute atomic E-state index is 4.47. The Morgan fingerprint density at radius 3 is 2.35 bits per heavy atom. The monoisotopic (exact) mass is 426 g/mol. The van der Waals surface area contributed by atoms with Crippen molar-refractivity contribution in [2.75, 3.05) is 0 Å². The van der Waals surface area contributed by atoms with E-state index < -0.39 is 0 Å². The minimum atomic E-state index is 0.544. The second-order valence-electron chi connectivity index (χ2n) is 6.84. The number of hydrogen-bond acceptors (Lipinski definition) is 7. The molecule has 0 bridgehead atoms. The lowest BCUT2D eigenvalue weighted by Crippen LogP contribution is -2.03. The Hall–Kier alpha value is -3.85. The van der Waals surface area contributed by atoms with E-state index in [1.807, 2.05) is 42.5 Å². The average Bonchev–Trinajstić information content (AvgIpc) is 3.46. The molecular formula is C22H18N8S. The van der Waals surface area contributed by atoms with Gasteiger partial charge in [0.1, 0.15) is 0 Å². The van der Waals surface area contributed by atoms with Crippen LogP contribution in [-0.4, -0.2) is 40.0 Å². The minimum absolute atomic E-state index is 0.544. The van der Waals surface area contributed by atoms with Gasteiger partial charge in [-0.25, -0.2) is 0 Å². The first-order chi connectivity index (χ1) is 15.3. The van der Waals surface area contributed by atoms with Gasteiger partial charge in [0.25, 0.3) is 0 Å². The number of rotatable bonds is 6. The summed E-state index contributed by atoms with van der Waals surface area (Å²) in [5.74, 6) is 2.04. The van der Waals surface area contributed by atoms with Gasteiger partial charge in [-0.3, -0.25) is 9.55 Å². The molecule has 3 heterocycles. The van der Waals surface area contributed by atoms with Crippen molar-refractivity contribution >= 4 is 11.8 Å². The number of para-hydroxylation sites is 1. The smallest absolute Gasteiger partial charge is 0.196 e. The fourth-order valence-corrected chi connectivity index (χ4v) is 4.03. The van der Waals surface area contributed by atoms with Gasteiger partial charge in [-0.05, 0) is 53.7 Å². The van der Waals surface area contributed by atoms with Gasteiger partial charge >= 0.3 is 0 Å². The molecule has 0 atom stereocenters. The zero-order chi connectivity index (χ0) is 21.0. The Kier molecular flexibility index (Phi) is 5.24. The third-order valence-corrected chi connectivity index (χ3v) is 5.65. The molecule has 0 spiro atoms. The molecule has 0 radical (unpaired) electrons. The molecule has 31 heavy (non-hydrogen) atoms. The SMILES string of the molecule is Cc1ccc(-n2c(SCc3nnnn3-c3ccccc3)nnc2-c2ccncc2)cc1. The number of thioether (sulfide) groups is 1. The van der Waals surface area contributed by atoms with Crippen LogP contribution in [0.3, 0.4) is 0 Å². The highest BCUT2D eigenvalue weighted by Gasteiger charge is 2.18. The van der Waals surface area contributed by atoms with E-state index in [0.717, 1.165) is 33.7 Å². The Morgan fingerprint density at radius 2 is 1.58 bits per heavy atom. The molecule has 0 N–H and O–H groups in total. The van der Waals surface area contributed by atoms with Crippen LogP contribution in [0, 0.1) is 6.92 Å². The zero-order valence-corrected chi connectivity index (χ0v) is 17.5.